The summed E-state index contributed by atoms with van der Waals surface area (Å²) in [4.78, 5) is 26.4. The number of nitrogens with zero attached hydrogens (tertiary/aromatic N) is 1. The fourth-order valence-corrected chi connectivity index (χ4v) is 3.22. The second-order valence-corrected chi connectivity index (χ2v) is 6.42. The SMILES string of the molecule is Cc1ccc([C@H]2CN(C)C(=O)[C@@H]2C(=O)Nc2cccc(F)c2F)c(F)c1. The van der Waals surface area contributed by atoms with Crippen molar-refractivity contribution >= 4 is 17.5 Å². The van der Waals surface area contributed by atoms with E-state index in [0.29, 0.717) is 5.56 Å². The van der Waals surface area contributed by atoms with Crippen LogP contribution >= 0.6 is 0 Å². The molecule has 0 aromatic heterocycles. The van der Waals surface area contributed by atoms with Crippen LogP contribution < -0.4 is 5.32 Å². The number of hydrogen-bond acceptors (Lipinski definition) is 2. The van der Waals surface area contributed by atoms with Crippen LogP contribution in [0.4, 0.5) is 18.9 Å². The first-order valence-electron chi connectivity index (χ1n) is 8.05. The van der Waals surface area contributed by atoms with E-state index in [1.807, 2.05) is 0 Å². The van der Waals surface area contributed by atoms with Crippen molar-refractivity contribution < 1.29 is 22.8 Å². The van der Waals surface area contributed by atoms with Gasteiger partial charge in [-0.25, -0.2) is 13.2 Å². The van der Waals surface area contributed by atoms with E-state index in [2.05, 4.69) is 5.32 Å². The van der Waals surface area contributed by atoms with E-state index in [-0.39, 0.29) is 17.8 Å². The van der Waals surface area contributed by atoms with E-state index in [9.17, 15) is 22.8 Å². The summed E-state index contributed by atoms with van der Waals surface area (Å²) in [6.07, 6.45) is 0. The van der Waals surface area contributed by atoms with Gasteiger partial charge in [0.1, 0.15) is 11.7 Å². The molecule has 26 heavy (non-hydrogen) atoms. The van der Waals surface area contributed by atoms with Gasteiger partial charge in [-0.3, -0.25) is 9.59 Å². The van der Waals surface area contributed by atoms with Gasteiger partial charge in [0.2, 0.25) is 11.8 Å². The number of benzene rings is 2. The minimum Gasteiger partial charge on any atom is -0.344 e. The van der Waals surface area contributed by atoms with Gasteiger partial charge in [0.15, 0.2) is 11.6 Å². The molecule has 2 atom stereocenters. The van der Waals surface area contributed by atoms with Gasteiger partial charge in [0, 0.05) is 19.5 Å². The lowest BCUT2D eigenvalue weighted by molar-refractivity contribution is -0.135. The molecule has 7 heteroatoms. The van der Waals surface area contributed by atoms with Gasteiger partial charge in [-0.1, -0.05) is 18.2 Å². The predicted octanol–water partition coefficient (Wildman–Crippen LogP) is 3.22. The molecule has 1 heterocycles. The van der Waals surface area contributed by atoms with E-state index in [4.69, 9.17) is 0 Å². The minimum atomic E-state index is -1.22. The Morgan fingerprint density at radius 3 is 2.58 bits per heavy atom. The molecule has 0 bridgehead atoms. The highest BCUT2D eigenvalue weighted by atomic mass is 19.2. The van der Waals surface area contributed by atoms with Crippen LogP contribution in [0.25, 0.3) is 0 Å². The molecule has 0 spiro atoms. The van der Waals surface area contributed by atoms with Crippen molar-refractivity contribution in [3.05, 3.63) is 65.0 Å². The summed E-state index contributed by atoms with van der Waals surface area (Å²) < 4.78 is 41.5. The zero-order chi connectivity index (χ0) is 19.0. The van der Waals surface area contributed by atoms with Crippen molar-refractivity contribution in [3.8, 4) is 0 Å². The Morgan fingerprint density at radius 1 is 1.15 bits per heavy atom. The summed E-state index contributed by atoms with van der Waals surface area (Å²) in [5.74, 6) is -6.06. The lowest BCUT2D eigenvalue weighted by Gasteiger charge is -2.18. The summed E-state index contributed by atoms with van der Waals surface area (Å²) in [5, 5.41) is 2.25. The average Bonchev–Trinajstić information content (AvgIpc) is 2.87. The van der Waals surface area contributed by atoms with Crippen molar-refractivity contribution in [1.82, 2.24) is 4.90 Å². The summed E-state index contributed by atoms with van der Waals surface area (Å²) in [5.41, 5.74) is 0.598. The van der Waals surface area contributed by atoms with Crippen molar-refractivity contribution in [2.24, 2.45) is 5.92 Å². The van der Waals surface area contributed by atoms with Crippen LogP contribution in [0.5, 0.6) is 0 Å². The maximum atomic E-state index is 14.4. The van der Waals surface area contributed by atoms with Gasteiger partial charge in [-0.05, 0) is 36.2 Å². The Labute approximate surface area is 148 Å². The predicted molar refractivity (Wildman–Crippen MR) is 90.0 cm³/mol. The number of carbonyl (C=O) groups is 2. The number of carbonyl (C=O) groups excluding carboxylic acids is 2. The Balaban J connectivity index is 1.93. The zero-order valence-corrected chi connectivity index (χ0v) is 14.2. The second kappa shape index (κ2) is 6.82. The maximum absolute atomic E-state index is 14.4. The molecule has 1 N–H and O–H groups in total. The van der Waals surface area contributed by atoms with Gasteiger partial charge in [-0.2, -0.15) is 0 Å². The number of anilines is 1. The molecule has 0 radical (unpaired) electrons. The molecule has 4 nitrogen and oxygen atoms in total. The van der Waals surface area contributed by atoms with E-state index in [0.717, 1.165) is 6.07 Å². The summed E-state index contributed by atoms with van der Waals surface area (Å²) in [6, 6.07) is 7.94. The average molecular weight is 362 g/mol. The quantitative estimate of drug-likeness (QED) is 0.853. The molecule has 136 valence electrons. The number of nitrogens with one attached hydrogen (secondary N) is 1. The third-order valence-corrected chi connectivity index (χ3v) is 4.56. The summed E-state index contributed by atoms with van der Waals surface area (Å²) in [7, 11) is 1.51. The van der Waals surface area contributed by atoms with Gasteiger partial charge in [-0.15, -0.1) is 0 Å². The highest BCUT2D eigenvalue weighted by Gasteiger charge is 2.45. The van der Waals surface area contributed by atoms with Crippen LogP contribution in [0.2, 0.25) is 0 Å². The van der Waals surface area contributed by atoms with Crippen LogP contribution in [0.15, 0.2) is 36.4 Å². The number of likely N-dealkylation sites (tertiary alicyclic amines) is 1. The summed E-state index contributed by atoms with van der Waals surface area (Å²) >= 11 is 0. The molecule has 1 aliphatic rings. The number of hydrogen-bond donors (Lipinski definition) is 1. The van der Waals surface area contributed by atoms with Crippen molar-refractivity contribution in [2.45, 2.75) is 12.8 Å². The third-order valence-electron chi connectivity index (χ3n) is 4.56. The molecule has 1 fully saturated rings. The van der Waals surface area contributed by atoms with Crippen LogP contribution in [-0.2, 0) is 9.59 Å². The third kappa shape index (κ3) is 3.16. The number of aryl methyl sites for hydroxylation is 1. The van der Waals surface area contributed by atoms with Gasteiger partial charge in [0.05, 0.1) is 5.69 Å². The fourth-order valence-electron chi connectivity index (χ4n) is 3.22. The van der Waals surface area contributed by atoms with Crippen molar-refractivity contribution in [1.29, 1.82) is 0 Å². The van der Waals surface area contributed by atoms with Crippen LogP contribution in [0.1, 0.15) is 17.0 Å². The van der Waals surface area contributed by atoms with Gasteiger partial charge >= 0.3 is 0 Å². The zero-order valence-electron chi connectivity index (χ0n) is 14.2. The number of rotatable bonds is 3. The van der Waals surface area contributed by atoms with Gasteiger partial charge < -0.3 is 10.2 Å². The largest absolute Gasteiger partial charge is 0.344 e. The van der Waals surface area contributed by atoms with Gasteiger partial charge in [0.25, 0.3) is 0 Å². The van der Waals surface area contributed by atoms with E-state index < -0.39 is 41.1 Å². The first-order chi connectivity index (χ1) is 12.3. The first-order valence-corrected chi connectivity index (χ1v) is 8.05. The van der Waals surface area contributed by atoms with Crippen LogP contribution in [-0.4, -0.2) is 30.3 Å². The molecule has 3 rings (SSSR count). The Morgan fingerprint density at radius 2 is 1.88 bits per heavy atom. The Hall–Kier alpha value is -2.83. The molecule has 0 unspecified atom stereocenters. The molecule has 2 aromatic rings. The first kappa shape index (κ1) is 18.0. The number of likely N-dealkylation sites (N-methyl/N-ethyl adjacent to an activating group) is 1. The molecule has 0 saturated carbocycles. The maximum Gasteiger partial charge on any atom is 0.237 e. The smallest absolute Gasteiger partial charge is 0.237 e. The van der Waals surface area contributed by atoms with Crippen molar-refractivity contribution in [3.63, 3.8) is 0 Å². The number of amides is 2. The Bertz CT molecular complexity index is 885. The van der Waals surface area contributed by atoms with E-state index in [1.54, 1.807) is 19.1 Å². The van der Waals surface area contributed by atoms with Crippen molar-refractivity contribution in [2.75, 3.05) is 18.9 Å². The lowest BCUT2D eigenvalue weighted by Crippen LogP contribution is -2.33. The summed E-state index contributed by atoms with van der Waals surface area (Å²) in [6.45, 7) is 1.89. The van der Waals surface area contributed by atoms with E-state index >= 15 is 0 Å². The lowest BCUT2D eigenvalue weighted by atomic mass is 9.87. The number of halogens is 3. The fraction of sp³-hybridized carbons (Fsp3) is 0.263. The molecule has 1 aliphatic heterocycles. The molecule has 2 aromatic carbocycles. The normalized spacial score (nSPS) is 19.7. The monoisotopic (exact) mass is 362 g/mol. The van der Waals surface area contributed by atoms with Crippen LogP contribution in [0, 0.1) is 30.3 Å². The topological polar surface area (TPSA) is 49.4 Å². The highest BCUT2D eigenvalue weighted by Crippen LogP contribution is 2.35. The highest BCUT2D eigenvalue weighted by molar-refractivity contribution is 6.08. The van der Waals surface area contributed by atoms with E-state index in [1.165, 1.54) is 30.1 Å². The molecular formula is C19H17F3N2O2. The standard InChI is InChI=1S/C19H17F3N2O2/c1-10-6-7-11(14(21)8-10)12-9-24(2)19(26)16(12)18(25)23-15-5-3-4-13(20)17(15)22/h3-8,12,16H,9H2,1-2H3,(H,23,25)/t12-,16+/m1/s1. The molecule has 2 amide bonds. The minimum absolute atomic E-state index is 0.155. The second-order valence-electron chi connectivity index (χ2n) is 6.42. The molecule has 0 aliphatic carbocycles. The molecule has 1 saturated heterocycles. The Kier molecular flexibility index (Phi) is 4.71. The molecular weight excluding hydrogens is 345 g/mol. The van der Waals surface area contributed by atoms with Crippen LogP contribution in [0.3, 0.4) is 0 Å².